The fraction of sp³-hybridized carbons (Fsp3) is 0.348. The molecule has 1 N–H and O–H groups in total. The Morgan fingerprint density at radius 1 is 0.885 bits per heavy atom. The van der Waals surface area contributed by atoms with Gasteiger partial charge >= 0.3 is 6.03 Å². The zero-order valence-corrected chi connectivity index (χ0v) is 15.8. The van der Waals surface area contributed by atoms with E-state index in [0.29, 0.717) is 6.54 Å². The third kappa shape index (κ3) is 3.82. The fourth-order valence-electron chi connectivity index (χ4n) is 3.66. The van der Waals surface area contributed by atoms with Crippen LogP contribution in [0.3, 0.4) is 0 Å². The minimum Gasteiger partial charge on any atom is -0.337 e. The second-order valence-electron chi connectivity index (χ2n) is 6.75. The largest absolute Gasteiger partial charge is 0.337 e. The molecule has 1 amide bonds. The number of hydrogen-bond acceptors (Lipinski definition) is 1. The van der Waals surface area contributed by atoms with Gasteiger partial charge in [0.1, 0.15) is 0 Å². The number of rotatable bonds is 7. The van der Waals surface area contributed by atoms with Gasteiger partial charge in [0, 0.05) is 17.6 Å². The smallest absolute Gasteiger partial charge is 0.326 e. The van der Waals surface area contributed by atoms with E-state index < -0.39 is 0 Å². The third-order valence-electron chi connectivity index (χ3n) is 4.81. The van der Waals surface area contributed by atoms with E-state index in [1.165, 1.54) is 22.2 Å². The average Bonchev–Trinajstić information content (AvgIpc) is 2.97. The van der Waals surface area contributed by atoms with Crippen LogP contribution in [0.4, 0.5) is 4.79 Å². The summed E-state index contributed by atoms with van der Waals surface area (Å²) in [6.45, 7) is 5.01. The van der Waals surface area contributed by atoms with Crippen molar-refractivity contribution in [2.45, 2.75) is 46.0 Å². The van der Waals surface area contributed by atoms with E-state index in [-0.39, 0.29) is 6.03 Å². The number of aryl methyl sites for hydroxylation is 1. The van der Waals surface area contributed by atoms with E-state index in [1.807, 2.05) is 28.8 Å². The van der Waals surface area contributed by atoms with Crippen LogP contribution in [0.1, 0.15) is 43.5 Å². The molecule has 0 unspecified atom stereocenters. The van der Waals surface area contributed by atoms with Crippen LogP contribution in [0.2, 0.25) is 0 Å². The van der Waals surface area contributed by atoms with Crippen molar-refractivity contribution in [2.24, 2.45) is 0 Å². The van der Waals surface area contributed by atoms with E-state index in [9.17, 15) is 4.79 Å². The van der Waals surface area contributed by atoms with Crippen LogP contribution in [0.5, 0.6) is 0 Å². The van der Waals surface area contributed by atoms with Gasteiger partial charge in [-0.1, -0.05) is 75.2 Å². The van der Waals surface area contributed by atoms with Gasteiger partial charge in [-0.3, -0.25) is 4.57 Å². The Hall–Kier alpha value is -2.55. The molecule has 3 rings (SSSR count). The molecule has 3 aromatic rings. The molecular formula is C23H28N2O. The van der Waals surface area contributed by atoms with Crippen LogP contribution in [0.25, 0.3) is 10.9 Å². The quantitative estimate of drug-likeness (QED) is 0.614. The van der Waals surface area contributed by atoms with Crippen molar-refractivity contribution in [2.75, 3.05) is 6.54 Å². The van der Waals surface area contributed by atoms with E-state index >= 15 is 0 Å². The van der Waals surface area contributed by atoms with Gasteiger partial charge in [-0.05, 0) is 36.5 Å². The van der Waals surface area contributed by atoms with Crippen molar-refractivity contribution in [3.05, 3.63) is 71.4 Å². The maximum Gasteiger partial charge on any atom is 0.326 e. The van der Waals surface area contributed by atoms with E-state index in [4.69, 9.17) is 0 Å². The Kier molecular flexibility index (Phi) is 6.11. The number of carbonyl (C=O) groups is 1. The molecule has 0 radical (unpaired) electrons. The molecule has 136 valence electrons. The number of fused-ring (bicyclic) bond motifs is 1. The molecule has 0 spiro atoms. The van der Waals surface area contributed by atoms with Crippen molar-refractivity contribution in [3.63, 3.8) is 0 Å². The highest BCUT2D eigenvalue weighted by Gasteiger charge is 2.19. The van der Waals surface area contributed by atoms with Crippen molar-refractivity contribution >= 4 is 16.9 Å². The predicted octanol–water partition coefficient (Wildman–Crippen LogP) is 5.35. The van der Waals surface area contributed by atoms with Gasteiger partial charge in [-0.15, -0.1) is 0 Å². The Bertz CT molecular complexity index is 865. The molecule has 0 saturated heterocycles. The lowest BCUT2D eigenvalue weighted by atomic mass is 10.0. The van der Waals surface area contributed by atoms with Gasteiger partial charge in [0.15, 0.2) is 0 Å². The SMILES string of the molecule is CCCc1c(CCC)n(C(=O)NCCc2ccccc2)c2ccccc12. The summed E-state index contributed by atoms with van der Waals surface area (Å²) in [6.07, 6.45) is 4.90. The summed E-state index contributed by atoms with van der Waals surface area (Å²) in [5, 5.41) is 4.34. The van der Waals surface area contributed by atoms with Gasteiger partial charge in [-0.2, -0.15) is 0 Å². The fourth-order valence-corrected chi connectivity index (χ4v) is 3.66. The summed E-state index contributed by atoms with van der Waals surface area (Å²) in [5.74, 6) is 0. The van der Waals surface area contributed by atoms with Crippen LogP contribution < -0.4 is 5.32 Å². The summed E-state index contributed by atoms with van der Waals surface area (Å²) in [4.78, 5) is 13.0. The maximum absolute atomic E-state index is 13.0. The second kappa shape index (κ2) is 8.70. The third-order valence-corrected chi connectivity index (χ3v) is 4.81. The molecule has 0 saturated carbocycles. The molecule has 0 bridgehead atoms. The summed E-state index contributed by atoms with van der Waals surface area (Å²) in [5.41, 5.74) is 4.78. The first-order valence-corrected chi connectivity index (χ1v) is 9.69. The van der Waals surface area contributed by atoms with E-state index in [0.717, 1.165) is 37.6 Å². The van der Waals surface area contributed by atoms with Crippen LogP contribution >= 0.6 is 0 Å². The molecule has 3 heteroatoms. The second-order valence-corrected chi connectivity index (χ2v) is 6.75. The standard InChI is InChI=1S/C23H28N2O/c1-3-10-19-20-14-8-9-15-22(20)25(21(19)11-4-2)23(26)24-17-16-18-12-6-5-7-13-18/h5-9,12-15H,3-4,10-11,16-17H2,1-2H3,(H,24,26). The Balaban J connectivity index is 1.87. The lowest BCUT2D eigenvalue weighted by Crippen LogP contribution is -2.31. The van der Waals surface area contributed by atoms with Gasteiger partial charge in [-0.25, -0.2) is 4.79 Å². The number of nitrogens with one attached hydrogen (secondary N) is 1. The molecule has 26 heavy (non-hydrogen) atoms. The van der Waals surface area contributed by atoms with Gasteiger partial charge < -0.3 is 5.32 Å². The summed E-state index contributed by atoms with van der Waals surface area (Å²) >= 11 is 0. The number of para-hydroxylation sites is 1. The summed E-state index contributed by atoms with van der Waals surface area (Å²) in [7, 11) is 0. The topological polar surface area (TPSA) is 34.0 Å². The monoisotopic (exact) mass is 348 g/mol. The highest BCUT2D eigenvalue weighted by molar-refractivity contribution is 5.95. The average molecular weight is 348 g/mol. The first-order valence-electron chi connectivity index (χ1n) is 9.69. The Labute approximate surface area is 156 Å². The van der Waals surface area contributed by atoms with Crippen LogP contribution in [0, 0.1) is 0 Å². The van der Waals surface area contributed by atoms with Gasteiger partial charge in [0.05, 0.1) is 5.52 Å². The zero-order valence-electron chi connectivity index (χ0n) is 15.8. The number of carbonyl (C=O) groups excluding carboxylic acids is 1. The molecule has 3 nitrogen and oxygen atoms in total. The number of hydrogen-bond donors (Lipinski definition) is 1. The predicted molar refractivity (Wildman–Crippen MR) is 109 cm³/mol. The van der Waals surface area contributed by atoms with Crippen molar-refractivity contribution in [3.8, 4) is 0 Å². The van der Waals surface area contributed by atoms with Crippen molar-refractivity contribution in [1.29, 1.82) is 0 Å². The molecule has 0 aliphatic carbocycles. The van der Waals surface area contributed by atoms with Crippen LogP contribution in [-0.2, 0) is 19.3 Å². The Morgan fingerprint density at radius 2 is 1.58 bits per heavy atom. The molecule has 0 aliphatic heterocycles. The zero-order chi connectivity index (χ0) is 18.4. The lowest BCUT2D eigenvalue weighted by molar-refractivity contribution is 0.242. The number of aromatic nitrogens is 1. The molecule has 0 aliphatic rings. The number of amides is 1. The maximum atomic E-state index is 13.0. The van der Waals surface area contributed by atoms with E-state index in [1.54, 1.807) is 0 Å². The number of benzene rings is 2. The highest BCUT2D eigenvalue weighted by Crippen LogP contribution is 2.28. The molecule has 0 atom stereocenters. The Morgan fingerprint density at radius 3 is 2.31 bits per heavy atom. The van der Waals surface area contributed by atoms with Crippen molar-refractivity contribution in [1.82, 2.24) is 9.88 Å². The molecular weight excluding hydrogens is 320 g/mol. The van der Waals surface area contributed by atoms with E-state index in [2.05, 4.69) is 49.5 Å². The molecule has 2 aromatic carbocycles. The molecule has 1 heterocycles. The minimum atomic E-state index is -0.0112. The summed E-state index contributed by atoms with van der Waals surface area (Å²) < 4.78 is 1.91. The normalized spacial score (nSPS) is 11.0. The van der Waals surface area contributed by atoms with Gasteiger partial charge in [0.2, 0.25) is 0 Å². The minimum absolute atomic E-state index is 0.0112. The van der Waals surface area contributed by atoms with Crippen LogP contribution in [-0.4, -0.2) is 17.1 Å². The first kappa shape index (κ1) is 18.2. The van der Waals surface area contributed by atoms with Gasteiger partial charge in [0.25, 0.3) is 0 Å². The lowest BCUT2D eigenvalue weighted by Gasteiger charge is -2.12. The van der Waals surface area contributed by atoms with Crippen molar-refractivity contribution < 1.29 is 4.79 Å². The number of nitrogens with zero attached hydrogens (tertiary/aromatic N) is 1. The molecule has 0 fully saturated rings. The first-order chi connectivity index (χ1) is 12.8. The van der Waals surface area contributed by atoms with Crippen LogP contribution in [0.15, 0.2) is 54.6 Å². The highest BCUT2D eigenvalue weighted by atomic mass is 16.2. The summed E-state index contributed by atoms with van der Waals surface area (Å²) in [6, 6.07) is 18.6. The molecule has 1 aromatic heterocycles.